The summed E-state index contributed by atoms with van der Waals surface area (Å²) in [7, 11) is 0. The maximum atomic E-state index is 12.7. The van der Waals surface area contributed by atoms with Crippen LogP contribution in [0.2, 0.25) is 0 Å². The van der Waals surface area contributed by atoms with Crippen LogP contribution in [0.4, 0.5) is 0 Å². The van der Waals surface area contributed by atoms with Crippen molar-refractivity contribution >= 4 is 5.97 Å². The van der Waals surface area contributed by atoms with Crippen LogP contribution in [0, 0.1) is 26.2 Å². The number of carbonyl (C=O) groups excluding carboxylic acids is 1. The zero-order valence-corrected chi connectivity index (χ0v) is 17.4. The highest BCUT2D eigenvalue weighted by Gasteiger charge is 2.36. The summed E-state index contributed by atoms with van der Waals surface area (Å²) in [4.78, 5) is 12.7. The van der Waals surface area contributed by atoms with Crippen LogP contribution in [0.1, 0.15) is 75.6 Å². The number of rotatable bonds is 1. The van der Waals surface area contributed by atoms with Gasteiger partial charge in [0, 0.05) is 5.56 Å². The highest BCUT2D eigenvalue weighted by atomic mass is 16.6. The van der Waals surface area contributed by atoms with Crippen molar-refractivity contribution in [2.45, 2.75) is 86.2 Å². The molecule has 0 bridgehead atoms. The second-order valence-corrected chi connectivity index (χ2v) is 8.56. The van der Waals surface area contributed by atoms with Gasteiger partial charge in [-0.15, -0.1) is 0 Å². The van der Waals surface area contributed by atoms with Crippen molar-refractivity contribution in [3.05, 3.63) is 22.3 Å². The van der Waals surface area contributed by atoms with Crippen molar-refractivity contribution in [1.29, 1.82) is 0 Å². The van der Waals surface area contributed by atoms with Crippen LogP contribution < -0.4 is 4.74 Å². The number of carbonyl (C=O) groups is 1. The molecule has 0 amide bonds. The molecule has 0 saturated heterocycles. The molecule has 0 fully saturated rings. The van der Waals surface area contributed by atoms with E-state index in [4.69, 9.17) is 9.47 Å². The first kappa shape index (κ1) is 20.6. The number of aromatic hydroxyl groups is 1. The SMILES string of the molecule is CCC1(C)CCc2c(C)c(O)c(C)c(C)c2OCCCC(C)(C)C(=O)O1. The molecule has 0 spiro atoms. The summed E-state index contributed by atoms with van der Waals surface area (Å²) in [6.07, 6.45) is 3.65. The molecule has 1 aromatic carbocycles. The highest BCUT2D eigenvalue weighted by molar-refractivity contribution is 5.76. The molecule has 1 aromatic rings. The summed E-state index contributed by atoms with van der Waals surface area (Å²) < 4.78 is 12.1. The summed E-state index contributed by atoms with van der Waals surface area (Å²) in [5.41, 5.74) is 2.72. The zero-order chi connectivity index (χ0) is 19.7. The van der Waals surface area contributed by atoms with E-state index in [0.717, 1.165) is 47.3 Å². The lowest BCUT2D eigenvalue weighted by molar-refractivity contribution is -0.170. The van der Waals surface area contributed by atoms with Crippen LogP contribution >= 0.6 is 0 Å². The predicted octanol–water partition coefficient (Wildman–Crippen LogP) is 5.16. The average molecular weight is 363 g/mol. The Bertz CT molecular complexity index is 690. The molecular weight excluding hydrogens is 328 g/mol. The van der Waals surface area contributed by atoms with E-state index in [1.54, 1.807) is 0 Å². The molecule has 1 aliphatic rings. The third-order valence-electron chi connectivity index (χ3n) is 6.08. The van der Waals surface area contributed by atoms with Crippen molar-refractivity contribution in [2.75, 3.05) is 6.61 Å². The van der Waals surface area contributed by atoms with Crippen molar-refractivity contribution in [3.8, 4) is 11.5 Å². The number of phenols is 1. The van der Waals surface area contributed by atoms with E-state index in [1.165, 1.54) is 0 Å². The summed E-state index contributed by atoms with van der Waals surface area (Å²) in [5, 5.41) is 10.5. The first-order valence-corrected chi connectivity index (χ1v) is 9.70. The monoisotopic (exact) mass is 362 g/mol. The van der Waals surface area contributed by atoms with Crippen LogP contribution in [-0.2, 0) is 16.0 Å². The van der Waals surface area contributed by atoms with Gasteiger partial charge in [-0.05, 0) is 90.3 Å². The topological polar surface area (TPSA) is 55.8 Å². The Kier molecular flexibility index (Phi) is 5.94. The van der Waals surface area contributed by atoms with Gasteiger partial charge in [-0.2, -0.15) is 0 Å². The molecule has 1 unspecified atom stereocenters. The van der Waals surface area contributed by atoms with E-state index in [1.807, 2.05) is 48.5 Å². The second-order valence-electron chi connectivity index (χ2n) is 8.56. The van der Waals surface area contributed by atoms with Crippen LogP contribution in [0.5, 0.6) is 11.5 Å². The molecule has 26 heavy (non-hydrogen) atoms. The molecule has 1 N–H and O–H groups in total. The molecule has 0 aliphatic carbocycles. The third-order valence-corrected chi connectivity index (χ3v) is 6.08. The minimum Gasteiger partial charge on any atom is -0.507 e. The molecule has 2 rings (SSSR count). The summed E-state index contributed by atoms with van der Waals surface area (Å²) in [6.45, 7) is 14.4. The van der Waals surface area contributed by atoms with Gasteiger partial charge in [0.15, 0.2) is 0 Å². The molecule has 4 nitrogen and oxygen atoms in total. The van der Waals surface area contributed by atoms with Crippen LogP contribution in [0.15, 0.2) is 0 Å². The van der Waals surface area contributed by atoms with Crippen molar-refractivity contribution in [1.82, 2.24) is 0 Å². The van der Waals surface area contributed by atoms with Gasteiger partial charge in [0.25, 0.3) is 0 Å². The van der Waals surface area contributed by atoms with Gasteiger partial charge in [0.05, 0.1) is 12.0 Å². The number of ether oxygens (including phenoxy) is 2. The number of esters is 1. The van der Waals surface area contributed by atoms with Gasteiger partial charge >= 0.3 is 5.97 Å². The average Bonchev–Trinajstić information content (AvgIpc) is 2.59. The Hall–Kier alpha value is -1.71. The summed E-state index contributed by atoms with van der Waals surface area (Å²) >= 11 is 0. The van der Waals surface area contributed by atoms with Gasteiger partial charge in [0.2, 0.25) is 0 Å². The third kappa shape index (κ3) is 3.99. The molecule has 0 aromatic heterocycles. The fourth-order valence-electron chi connectivity index (χ4n) is 3.51. The minimum atomic E-state index is -0.522. The molecule has 146 valence electrons. The van der Waals surface area contributed by atoms with E-state index in [9.17, 15) is 9.90 Å². The number of phenolic OH excluding ortho intramolecular Hbond substituents is 1. The predicted molar refractivity (Wildman–Crippen MR) is 104 cm³/mol. The molecule has 0 saturated carbocycles. The van der Waals surface area contributed by atoms with Gasteiger partial charge < -0.3 is 14.6 Å². The number of benzene rings is 1. The van der Waals surface area contributed by atoms with E-state index in [2.05, 4.69) is 0 Å². The van der Waals surface area contributed by atoms with Gasteiger partial charge in [-0.25, -0.2) is 0 Å². The van der Waals surface area contributed by atoms with Crippen molar-refractivity contribution in [3.63, 3.8) is 0 Å². The van der Waals surface area contributed by atoms with Gasteiger partial charge in [-0.1, -0.05) is 6.92 Å². The molecule has 0 radical (unpaired) electrons. The van der Waals surface area contributed by atoms with E-state index in [0.29, 0.717) is 25.2 Å². The number of hydrogen-bond donors (Lipinski definition) is 1. The number of hydrogen-bond acceptors (Lipinski definition) is 4. The Labute approximate surface area is 157 Å². The van der Waals surface area contributed by atoms with E-state index >= 15 is 0 Å². The fraction of sp³-hybridized carbons (Fsp3) is 0.682. The maximum absolute atomic E-state index is 12.7. The number of cyclic esters (lactones) is 1. The lowest BCUT2D eigenvalue weighted by Gasteiger charge is -2.34. The molecular formula is C22H34O4. The van der Waals surface area contributed by atoms with Crippen LogP contribution in [0.25, 0.3) is 0 Å². The van der Waals surface area contributed by atoms with Crippen LogP contribution in [-0.4, -0.2) is 23.3 Å². The fourth-order valence-corrected chi connectivity index (χ4v) is 3.51. The standard InChI is InChI=1S/C22H34O4/c1-8-22(7)12-10-17-16(4)18(23)14(2)15(3)19(17)25-13-9-11-21(5,6)20(24)26-22/h23H,8-13H2,1-7H3. The maximum Gasteiger partial charge on any atom is 0.312 e. The lowest BCUT2D eigenvalue weighted by Crippen LogP contribution is -2.38. The zero-order valence-electron chi connectivity index (χ0n) is 17.4. The molecule has 4 heteroatoms. The molecule has 1 atom stereocenters. The minimum absolute atomic E-state index is 0.137. The lowest BCUT2D eigenvalue weighted by atomic mass is 9.86. The quantitative estimate of drug-likeness (QED) is 0.701. The normalized spacial score (nSPS) is 23.9. The summed E-state index contributed by atoms with van der Waals surface area (Å²) in [5.74, 6) is 1.09. The molecule has 1 aliphatic heterocycles. The van der Waals surface area contributed by atoms with Gasteiger partial charge in [0.1, 0.15) is 17.1 Å². The van der Waals surface area contributed by atoms with Crippen LogP contribution in [0.3, 0.4) is 0 Å². The Morgan fingerprint density at radius 3 is 2.31 bits per heavy atom. The van der Waals surface area contributed by atoms with Crippen molar-refractivity contribution in [2.24, 2.45) is 5.41 Å². The molecule has 1 heterocycles. The highest BCUT2D eigenvalue weighted by Crippen LogP contribution is 2.40. The Morgan fingerprint density at radius 1 is 1.04 bits per heavy atom. The number of fused-ring (bicyclic) bond motifs is 1. The smallest absolute Gasteiger partial charge is 0.312 e. The summed E-state index contributed by atoms with van der Waals surface area (Å²) in [6, 6.07) is 0. The van der Waals surface area contributed by atoms with E-state index in [-0.39, 0.29) is 5.97 Å². The first-order chi connectivity index (χ1) is 12.0. The largest absolute Gasteiger partial charge is 0.507 e. The van der Waals surface area contributed by atoms with Crippen molar-refractivity contribution < 1.29 is 19.4 Å². The van der Waals surface area contributed by atoms with E-state index < -0.39 is 11.0 Å². The Balaban J connectivity index is 2.48. The van der Waals surface area contributed by atoms with Gasteiger partial charge in [-0.3, -0.25) is 4.79 Å². The first-order valence-electron chi connectivity index (χ1n) is 9.70. The Morgan fingerprint density at radius 2 is 1.69 bits per heavy atom. The second kappa shape index (κ2) is 7.50.